The second-order valence-corrected chi connectivity index (χ2v) is 20.9. The predicted molar refractivity (Wildman–Crippen MR) is 337 cm³/mol. The zero-order valence-electron chi connectivity index (χ0n) is 44.1. The Bertz CT molecular complexity index is 5330. The zero-order chi connectivity index (χ0) is 53.8. The highest BCUT2D eigenvalue weighted by molar-refractivity contribution is 6.28. The fraction of sp³-hybridized carbons (Fsp3) is 0. The minimum absolute atomic E-state index is 0.532. The largest absolute Gasteiger partial charge is 0.309 e. The lowest BCUT2D eigenvalue weighted by atomic mass is 9.98. The number of hydrogen-bond acceptors (Lipinski definition) is 4. The van der Waals surface area contributed by atoms with Crippen LogP contribution in [0.25, 0.3) is 155 Å². The van der Waals surface area contributed by atoms with E-state index in [4.69, 9.17) is 19.9 Å². The van der Waals surface area contributed by atoms with Gasteiger partial charge in [-0.3, -0.25) is 4.98 Å². The van der Waals surface area contributed by atoms with E-state index in [1.54, 1.807) is 0 Å². The van der Waals surface area contributed by atoms with Gasteiger partial charge in [-0.05, 0) is 78.9 Å². The number of rotatable bonds is 8. The highest BCUT2D eigenvalue weighted by Gasteiger charge is 2.29. The molecule has 0 saturated carbocycles. The molecule has 0 atom stereocenters. The molecule has 6 aromatic heterocycles. The van der Waals surface area contributed by atoms with Gasteiger partial charge in [0.05, 0.1) is 61.2 Å². The Morgan fingerprint density at radius 3 is 1.16 bits per heavy atom. The van der Waals surface area contributed by atoms with E-state index >= 15 is 0 Å². The minimum Gasteiger partial charge on any atom is -0.309 e. The normalized spacial score (nSPS) is 11.9. The first kappa shape index (κ1) is 45.8. The van der Waals surface area contributed by atoms with Crippen molar-refractivity contribution in [2.45, 2.75) is 0 Å². The number of aromatic nitrogens is 8. The summed E-state index contributed by atoms with van der Waals surface area (Å²) in [6.45, 7) is 0. The van der Waals surface area contributed by atoms with Gasteiger partial charge >= 0.3 is 0 Å². The summed E-state index contributed by atoms with van der Waals surface area (Å²) in [7, 11) is 0. The summed E-state index contributed by atoms with van der Waals surface area (Å²) in [6, 6.07) is 97.1. The third-order valence-corrected chi connectivity index (χ3v) is 16.5. The fourth-order valence-corrected chi connectivity index (χ4v) is 13.1. The van der Waals surface area contributed by atoms with Gasteiger partial charge in [-0.15, -0.1) is 0 Å². The monoisotopic (exact) mass is 1050 g/mol. The van der Waals surface area contributed by atoms with Crippen molar-refractivity contribution in [2.24, 2.45) is 0 Å². The topological polar surface area (TPSA) is 71.3 Å². The number of fused-ring (bicyclic) bond motifs is 14. The maximum absolute atomic E-state index is 5.58. The molecular weight excluding hydrogens is 1000 g/mol. The van der Waals surface area contributed by atoms with Gasteiger partial charge in [-0.1, -0.05) is 194 Å². The van der Waals surface area contributed by atoms with Crippen LogP contribution in [0.3, 0.4) is 0 Å². The van der Waals surface area contributed by atoms with Crippen LogP contribution in [0.2, 0.25) is 0 Å². The molecule has 382 valence electrons. The Hall–Kier alpha value is -11.2. The minimum atomic E-state index is 0.532. The SMILES string of the molecule is c1ccc(-c2nc(-c3ccccc3)nc(-c3cccc(-n4c5ccccc5c5c4ccc4c6ccccc6n(-c6ccccc6)c45)c3-c3ncccc3-n3c4ccccc4c4c3ccc3c5ccccc5n(-c5ccccc5)c34)n2)cc1. The predicted octanol–water partition coefficient (Wildman–Crippen LogP) is 18.3. The molecule has 0 saturated heterocycles. The molecule has 0 aliphatic carbocycles. The van der Waals surface area contributed by atoms with E-state index in [1.165, 1.54) is 21.5 Å². The summed E-state index contributed by atoms with van der Waals surface area (Å²) >= 11 is 0. The van der Waals surface area contributed by atoms with E-state index < -0.39 is 0 Å². The van der Waals surface area contributed by atoms with Gasteiger partial charge in [0, 0.05) is 82.9 Å². The van der Waals surface area contributed by atoms with E-state index in [9.17, 15) is 0 Å². The molecule has 0 amide bonds. The summed E-state index contributed by atoms with van der Waals surface area (Å²) in [5.41, 5.74) is 17.2. The quantitative estimate of drug-likeness (QED) is 0.152. The first-order valence-corrected chi connectivity index (χ1v) is 27.7. The number of para-hydroxylation sites is 6. The van der Waals surface area contributed by atoms with Crippen LogP contribution in [-0.4, -0.2) is 38.2 Å². The van der Waals surface area contributed by atoms with E-state index in [0.29, 0.717) is 17.5 Å². The number of benzene rings is 11. The van der Waals surface area contributed by atoms with Gasteiger partial charge in [0.25, 0.3) is 0 Å². The average Bonchev–Trinajstić information content (AvgIpc) is 4.48. The summed E-state index contributed by atoms with van der Waals surface area (Å²) in [6.07, 6.45) is 1.92. The van der Waals surface area contributed by atoms with Crippen LogP contribution in [0.15, 0.2) is 279 Å². The Labute approximate surface area is 470 Å². The number of pyridine rings is 1. The standard InChI is InChI=1S/C74H46N8/c1-5-23-47(24-6-1)72-76-73(48-25-7-2-8-26-48)78-74(77-72)57-35-21-40-62(81-60-38-19-15-33-55(60)67-63(81)44-42-53-51-31-13-17-36-58(51)79(70(53)67)49-27-9-3-10-28-49)66(57)69-65(41-22-46-75-69)82-61-39-20-16-34-56(61)68-64(82)45-43-54-52-32-14-18-37-59(52)80(71(54)68)50-29-11-4-12-30-50/h1-46H. The number of nitrogens with zero attached hydrogens (tertiary/aromatic N) is 8. The molecule has 8 nitrogen and oxygen atoms in total. The van der Waals surface area contributed by atoms with Crippen LogP contribution in [0.1, 0.15) is 0 Å². The Balaban J connectivity index is 1.02. The van der Waals surface area contributed by atoms with Crippen molar-refractivity contribution in [1.82, 2.24) is 38.2 Å². The van der Waals surface area contributed by atoms with Crippen molar-refractivity contribution >= 4 is 87.2 Å². The molecule has 0 radical (unpaired) electrons. The van der Waals surface area contributed by atoms with Gasteiger partial charge in [0.15, 0.2) is 17.5 Å². The van der Waals surface area contributed by atoms with Crippen LogP contribution in [-0.2, 0) is 0 Å². The lowest BCUT2D eigenvalue weighted by molar-refractivity contribution is 1.07. The maximum Gasteiger partial charge on any atom is 0.164 e. The van der Waals surface area contributed by atoms with Crippen molar-refractivity contribution in [1.29, 1.82) is 0 Å². The molecule has 0 fully saturated rings. The van der Waals surface area contributed by atoms with E-state index in [2.05, 4.69) is 255 Å². The smallest absolute Gasteiger partial charge is 0.164 e. The Morgan fingerprint density at radius 1 is 0.256 bits per heavy atom. The van der Waals surface area contributed by atoms with Crippen molar-refractivity contribution in [2.75, 3.05) is 0 Å². The van der Waals surface area contributed by atoms with Crippen LogP contribution < -0.4 is 0 Å². The third kappa shape index (κ3) is 6.79. The molecule has 0 unspecified atom stereocenters. The van der Waals surface area contributed by atoms with E-state index in [-0.39, 0.29) is 0 Å². The zero-order valence-corrected chi connectivity index (χ0v) is 44.1. The molecule has 8 heteroatoms. The van der Waals surface area contributed by atoms with Crippen LogP contribution in [0.4, 0.5) is 0 Å². The summed E-state index contributed by atoms with van der Waals surface area (Å²) in [5.74, 6) is 1.69. The molecule has 0 aliphatic heterocycles. The molecular formula is C74H46N8. The second kappa shape index (κ2) is 18.2. The van der Waals surface area contributed by atoms with E-state index in [1.807, 2.05) is 42.6 Å². The highest BCUT2D eigenvalue weighted by atomic mass is 15.1. The lowest BCUT2D eigenvalue weighted by Crippen LogP contribution is -2.06. The second-order valence-electron chi connectivity index (χ2n) is 20.9. The fourth-order valence-electron chi connectivity index (χ4n) is 13.1. The molecule has 0 N–H and O–H groups in total. The molecule has 17 aromatic rings. The van der Waals surface area contributed by atoms with Crippen LogP contribution >= 0.6 is 0 Å². The third-order valence-electron chi connectivity index (χ3n) is 16.5. The van der Waals surface area contributed by atoms with E-state index in [0.717, 1.165) is 116 Å². The lowest BCUT2D eigenvalue weighted by Gasteiger charge is -2.20. The molecule has 0 spiro atoms. The molecule has 11 aromatic carbocycles. The molecule has 6 heterocycles. The molecule has 0 aliphatic rings. The van der Waals surface area contributed by atoms with Gasteiger partial charge < -0.3 is 18.3 Å². The van der Waals surface area contributed by atoms with Crippen LogP contribution in [0, 0.1) is 0 Å². The maximum atomic E-state index is 5.58. The molecule has 17 rings (SSSR count). The van der Waals surface area contributed by atoms with Gasteiger partial charge in [-0.2, -0.15) is 0 Å². The average molecular weight is 1050 g/mol. The van der Waals surface area contributed by atoms with Crippen molar-refractivity contribution in [3.8, 4) is 68.2 Å². The Kier molecular flexibility index (Phi) is 10.1. The van der Waals surface area contributed by atoms with Crippen molar-refractivity contribution in [3.63, 3.8) is 0 Å². The van der Waals surface area contributed by atoms with Gasteiger partial charge in [0.1, 0.15) is 0 Å². The first-order valence-electron chi connectivity index (χ1n) is 27.7. The first-order chi connectivity index (χ1) is 40.7. The summed E-state index contributed by atoms with van der Waals surface area (Å²) < 4.78 is 9.74. The van der Waals surface area contributed by atoms with Gasteiger partial charge in [-0.25, -0.2) is 15.0 Å². The number of hydrogen-bond donors (Lipinski definition) is 0. The van der Waals surface area contributed by atoms with Gasteiger partial charge in [0.2, 0.25) is 0 Å². The molecule has 82 heavy (non-hydrogen) atoms. The van der Waals surface area contributed by atoms with Crippen molar-refractivity contribution < 1.29 is 0 Å². The van der Waals surface area contributed by atoms with Crippen LogP contribution in [0.5, 0.6) is 0 Å². The summed E-state index contributed by atoms with van der Waals surface area (Å²) in [5, 5.41) is 9.39. The highest BCUT2D eigenvalue weighted by Crippen LogP contribution is 2.48. The molecule has 0 bridgehead atoms. The summed E-state index contributed by atoms with van der Waals surface area (Å²) in [4.78, 5) is 21.7. The Morgan fingerprint density at radius 2 is 0.659 bits per heavy atom. The van der Waals surface area contributed by atoms with Crippen molar-refractivity contribution in [3.05, 3.63) is 279 Å².